The number of nitriles is 1. The fourth-order valence-corrected chi connectivity index (χ4v) is 3.14. The number of fused-ring (bicyclic) bond motifs is 1. The normalized spacial score (nSPS) is 29.2. The van der Waals surface area contributed by atoms with Crippen LogP contribution in [0.25, 0.3) is 0 Å². The molecule has 1 saturated carbocycles. The summed E-state index contributed by atoms with van der Waals surface area (Å²) in [6.45, 7) is 1.53. The topological polar surface area (TPSA) is 64.4 Å². The Labute approximate surface area is 106 Å². The van der Waals surface area contributed by atoms with Crippen molar-refractivity contribution in [1.82, 2.24) is 9.80 Å². The molecule has 2 aliphatic heterocycles. The van der Waals surface area contributed by atoms with E-state index in [0.29, 0.717) is 13.0 Å². The average molecular weight is 247 g/mol. The monoisotopic (exact) mass is 247 g/mol. The lowest BCUT2D eigenvalue weighted by Gasteiger charge is -2.37. The minimum Gasteiger partial charge on any atom is -0.331 e. The van der Waals surface area contributed by atoms with Gasteiger partial charge in [0.2, 0.25) is 11.8 Å². The Morgan fingerprint density at radius 3 is 2.83 bits per heavy atom. The maximum Gasteiger partial charge on any atom is 0.245 e. The Balaban J connectivity index is 1.72. The van der Waals surface area contributed by atoms with Crippen LogP contribution in [0.1, 0.15) is 32.1 Å². The number of carbonyl (C=O) groups is 2. The highest BCUT2D eigenvalue weighted by molar-refractivity contribution is 5.95. The van der Waals surface area contributed by atoms with Gasteiger partial charge in [0.05, 0.1) is 12.6 Å². The van der Waals surface area contributed by atoms with Crippen LogP contribution in [-0.4, -0.2) is 47.3 Å². The molecule has 2 amide bonds. The van der Waals surface area contributed by atoms with Crippen LogP contribution in [0.4, 0.5) is 0 Å². The van der Waals surface area contributed by atoms with Gasteiger partial charge in [0.15, 0.2) is 0 Å². The maximum atomic E-state index is 12.3. The molecule has 5 nitrogen and oxygen atoms in total. The van der Waals surface area contributed by atoms with Gasteiger partial charge in [-0.3, -0.25) is 9.59 Å². The Kier molecular flexibility index (Phi) is 2.54. The fourth-order valence-electron chi connectivity index (χ4n) is 3.14. The highest BCUT2D eigenvalue weighted by atomic mass is 16.2. The minimum absolute atomic E-state index is 0.00847. The van der Waals surface area contributed by atoms with Gasteiger partial charge in [0.25, 0.3) is 0 Å². The molecule has 2 saturated heterocycles. The Morgan fingerprint density at radius 2 is 2.17 bits per heavy atom. The van der Waals surface area contributed by atoms with Crippen LogP contribution in [0.15, 0.2) is 0 Å². The fraction of sp³-hybridized carbons (Fsp3) is 0.769. The first-order chi connectivity index (χ1) is 8.65. The lowest BCUT2D eigenvalue weighted by atomic mass is 10.0. The molecule has 0 spiro atoms. The summed E-state index contributed by atoms with van der Waals surface area (Å²) in [6, 6.07) is 1.98. The van der Waals surface area contributed by atoms with E-state index in [9.17, 15) is 9.59 Å². The van der Waals surface area contributed by atoms with Gasteiger partial charge < -0.3 is 9.80 Å². The summed E-state index contributed by atoms with van der Waals surface area (Å²) in [4.78, 5) is 27.7. The van der Waals surface area contributed by atoms with Crippen LogP contribution in [-0.2, 0) is 9.59 Å². The second kappa shape index (κ2) is 3.98. The molecule has 0 aromatic heterocycles. The summed E-state index contributed by atoms with van der Waals surface area (Å²) < 4.78 is 0. The van der Waals surface area contributed by atoms with Gasteiger partial charge in [-0.25, -0.2) is 0 Å². The third-order valence-electron chi connectivity index (χ3n) is 4.43. The van der Waals surface area contributed by atoms with E-state index in [1.54, 1.807) is 9.80 Å². The van der Waals surface area contributed by atoms with E-state index in [-0.39, 0.29) is 29.8 Å². The number of nitrogens with zero attached hydrogens (tertiary/aromatic N) is 3. The van der Waals surface area contributed by atoms with Crippen LogP contribution in [0, 0.1) is 16.7 Å². The van der Waals surface area contributed by atoms with E-state index in [4.69, 9.17) is 5.26 Å². The van der Waals surface area contributed by atoms with Gasteiger partial charge in [-0.1, -0.05) is 0 Å². The number of piperazine rings is 1. The zero-order chi connectivity index (χ0) is 12.8. The standard InChI is InChI=1S/C13H17N3O2/c14-6-5-13(3-4-13)9-15-8-11(17)16-7-1-2-10(16)12(15)18/h10H,1-5,7-9H2. The molecule has 1 atom stereocenters. The molecule has 18 heavy (non-hydrogen) atoms. The zero-order valence-electron chi connectivity index (χ0n) is 10.4. The maximum absolute atomic E-state index is 12.3. The second-order valence-electron chi connectivity index (χ2n) is 5.77. The summed E-state index contributed by atoms with van der Waals surface area (Å²) in [7, 11) is 0. The second-order valence-corrected chi connectivity index (χ2v) is 5.77. The zero-order valence-corrected chi connectivity index (χ0v) is 10.4. The molecule has 0 bridgehead atoms. The van der Waals surface area contributed by atoms with Crippen LogP contribution < -0.4 is 0 Å². The number of hydrogen-bond acceptors (Lipinski definition) is 3. The SMILES string of the molecule is N#CCC1(CN2CC(=O)N3CCCC3C2=O)CC1. The molecule has 1 aliphatic carbocycles. The Hall–Kier alpha value is -1.57. The van der Waals surface area contributed by atoms with E-state index in [1.807, 2.05) is 0 Å². The van der Waals surface area contributed by atoms with Crippen molar-refractivity contribution < 1.29 is 9.59 Å². The van der Waals surface area contributed by atoms with Crippen molar-refractivity contribution in [3.63, 3.8) is 0 Å². The molecular weight excluding hydrogens is 230 g/mol. The smallest absolute Gasteiger partial charge is 0.245 e. The first-order valence-corrected chi connectivity index (χ1v) is 6.60. The number of carbonyl (C=O) groups excluding carboxylic acids is 2. The van der Waals surface area contributed by atoms with E-state index in [1.165, 1.54) is 0 Å². The summed E-state index contributed by atoms with van der Waals surface area (Å²) in [6.07, 6.45) is 4.24. The van der Waals surface area contributed by atoms with Crippen LogP contribution in [0.5, 0.6) is 0 Å². The van der Waals surface area contributed by atoms with Crippen molar-refractivity contribution >= 4 is 11.8 Å². The van der Waals surface area contributed by atoms with Gasteiger partial charge in [0.1, 0.15) is 6.04 Å². The molecule has 3 fully saturated rings. The third kappa shape index (κ3) is 1.76. The van der Waals surface area contributed by atoms with E-state index in [0.717, 1.165) is 32.2 Å². The molecule has 3 aliphatic rings. The summed E-state index contributed by atoms with van der Waals surface area (Å²) in [5.41, 5.74) is -0.00847. The number of hydrogen-bond donors (Lipinski definition) is 0. The Morgan fingerprint density at radius 1 is 1.39 bits per heavy atom. The van der Waals surface area contributed by atoms with Gasteiger partial charge >= 0.3 is 0 Å². The summed E-state index contributed by atoms with van der Waals surface area (Å²) in [5.74, 6) is 0.168. The molecular formula is C13H17N3O2. The predicted octanol–water partition coefficient (Wildman–Crippen LogP) is 0.513. The van der Waals surface area contributed by atoms with Crippen molar-refractivity contribution in [2.45, 2.75) is 38.1 Å². The highest BCUT2D eigenvalue weighted by Crippen LogP contribution is 2.49. The Bertz CT molecular complexity index is 436. The van der Waals surface area contributed by atoms with Crippen LogP contribution >= 0.6 is 0 Å². The molecule has 5 heteroatoms. The summed E-state index contributed by atoms with van der Waals surface area (Å²) >= 11 is 0. The molecule has 0 aromatic rings. The first-order valence-electron chi connectivity index (χ1n) is 6.60. The number of amides is 2. The quantitative estimate of drug-likeness (QED) is 0.730. The molecule has 1 unspecified atom stereocenters. The molecule has 2 heterocycles. The van der Waals surface area contributed by atoms with Gasteiger partial charge in [-0.15, -0.1) is 0 Å². The largest absolute Gasteiger partial charge is 0.331 e. The van der Waals surface area contributed by atoms with Crippen molar-refractivity contribution in [1.29, 1.82) is 5.26 Å². The van der Waals surface area contributed by atoms with E-state index < -0.39 is 0 Å². The highest BCUT2D eigenvalue weighted by Gasteiger charge is 2.48. The first kappa shape index (κ1) is 11.5. The van der Waals surface area contributed by atoms with E-state index in [2.05, 4.69) is 6.07 Å². The average Bonchev–Trinajstić information content (AvgIpc) is 2.92. The van der Waals surface area contributed by atoms with Gasteiger partial charge in [0, 0.05) is 24.9 Å². The molecule has 0 N–H and O–H groups in total. The van der Waals surface area contributed by atoms with E-state index >= 15 is 0 Å². The summed E-state index contributed by atoms with van der Waals surface area (Å²) in [5, 5.41) is 8.81. The van der Waals surface area contributed by atoms with Crippen molar-refractivity contribution in [3.8, 4) is 6.07 Å². The third-order valence-corrected chi connectivity index (χ3v) is 4.43. The molecule has 96 valence electrons. The van der Waals surface area contributed by atoms with Gasteiger partial charge in [-0.2, -0.15) is 5.26 Å². The van der Waals surface area contributed by atoms with Crippen molar-refractivity contribution in [2.24, 2.45) is 5.41 Å². The van der Waals surface area contributed by atoms with Crippen LogP contribution in [0.3, 0.4) is 0 Å². The molecule has 0 aromatic carbocycles. The molecule has 0 radical (unpaired) electrons. The number of rotatable bonds is 3. The van der Waals surface area contributed by atoms with Crippen LogP contribution in [0.2, 0.25) is 0 Å². The van der Waals surface area contributed by atoms with Crippen molar-refractivity contribution in [2.75, 3.05) is 19.6 Å². The van der Waals surface area contributed by atoms with Crippen molar-refractivity contribution in [3.05, 3.63) is 0 Å². The lowest BCUT2D eigenvalue weighted by molar-refractivity contribution is -0.154. The molecule has 3 rings (SSSR count). The lowest BCUT2D eigenvalue weighted by Crippen LogP contribution is -2.58. The predicted molar refractivity (Wildman–Crippen MR) is 63.2 cm³/mol. The van der Waals surface area contributed by atoms with Gasteiger partial charge in [-0.05, 0) is 25.7 Å². The minimum atomic E-state index is -0.218.